The van der Waals surface area contributed by atoms with Crippen LogP contribution < -0.4 is 5.73 Å². The SMILES string of the molecule is NC(=O)CC1=CC=C=C=C1. The number of primary amides is 1. The van der Waals surface area contributed by atoms with Gasteiger partial charge in [-0.15, -0.1) is 0 Å². The molecule has 0 saturated carbocycles. The largest absolute Gasteiger partial charge is 0.369 e. The third-order valence-corrected chi connectivity index (χ3v) is 1.10. The molecular formula is C8H7NO. The van der Waals surface area contributed by atoms with Crippen molar-refractivity contribution in [2.45, 2.75) is 6.42 Å². The van der Waals surface area contributed by atoms with Gasteiger partial charge in [-0.3, -0.25) is 4.79 Å². The van der Waals surface area contributed by atoms with Crippen molar-refractivity contribution >= 4 is 5.91 Å². The predicted octanol–water partition coefficient (Wildman–Crippen LogP) is 0.668. The maximum absolute atomic E-state index is 10.4. The topological polar surface area (TPSA) is 43.1 Å². The van der Waals surface area contributed by atoms with E-state index in [-0.39, 0.29) is 12.3 Å². The molecule has 0 aromatic rings. The molecule has 0 radical (unpaired) electrons. The smallest absolute Gasteiger partial charge is 0.221 e. The van der Waals surface area contributed by atoms with Crippen LogP contribution in [0.3, 0.4) is 0 Å². The Morgan fingerprint density at radius 1 is 1.60 bits per heavy atom. The molecule has 0 saturated heterocycles. The first-order valence-electron chi connectivity index (χ1n) is 2.94. The van der Waals surface area contributed by atoms with E-state index in [1.807, 2.05) is 0 Å². The minimum absolute atomic E-state index is 0.283. The third-order valence-electron chi connectivity index (χ3n) is 1.10. The van der Waals surface area contributed by atoms with Crippen molar-refractivity contribution in [1.29, 1.82) is 0 Å². The highest BCUT2D eigenvalue weighted by atomic mass is 16.1. The molecule has 1 rings (SSSR count). The first-order chi connectivity index (χ1) is 4.79. The van der Waals surface area contributed by atoms with Gasteiger partial charge >= 0.3 is 0 Å². The number of hydrogen-bond donors (Lipinski definition) is 1. The van der Waals surface area contributed by atoms with Crippen LogP contribution in [0.2, 0.25) is 0 Å². The molecular weight excluding hydrogens is 126 g/mol. The number of carbonyl (C=O) groups excluding carboxylic acids is 1. The molecule has 1 amide bonds. The molecule has 2 nitrogen and oxygen atoms in total. The minimum Gasteiger partial charge on any atom is -0.369 e. The van der Waals surface area contributed by atoms with E-state index in [1.165, 1.54) is 0 Å². The summed E-state index contributed by atoms with van der Waals surface area (Å²) in [4.78, 5) is 10.4. The van der Waals surface area contributed by atoms with Gasteiger partial charge in [-0.1, -0.05) is 11.5 Å². The molecule has 0 spiro atoms. The Morgan fingerprint density at radius 2 is 2.40 bits per heavy atom. The van der Waals surface area contributed by atoms with Crippen molar-refractivity contribution < 1.29 is 4.79 Å². The third kappa shape index (κ3) is 1.79. The Balaban J connectivity index is 2.63. The van der Waals surface area contributed by atoms with Crippen molar-refractivity contribution in [3.63, 3.8) is 0 Å². The van der Waals surface area contributed by atoms with Crippen molar-refractivity contribution in [2.24, 2.45) is 5.73 Å². The van der Waals surface area contributed by atoms with E-state index in [2.05, 4.69) is 11.5 Å². The average molecular weight is 133 g/mol. The first kappa shape index (κ1) is 6.63. The molecule has 0 unspecified atom stereocenters. The van der Waals surface area contributed by atoms with Crippen LogP contribution in [0.4, 0.5) is 0 Å². The minimum atomic E-state index is -0.320. The number of carbonyl (C=O) groups is 1. The summed E-state index contributed by atoms with van der Waals surface area (Å²) in [7, 11) is 0. The lowest BCUT2D eigenvalue weighted by Gasteiger charge is -1.94. The fourth-order valence-electron chi connectivity index (χ4n) is 0.690. The highest BCUT2D eigenvalue weighted by Crippen LogP contribution is 2.03. The van der Waals surface area contributed by atoms with Gasteiger partial charge in [0.2, 0.25) is 5.91 Å². The Kier molecular flexibility index (Phi) is 1.91. The molecule has 10 heavy (non-hydrogen) atoms. The Morgan fingerprint density at radius 3 is 2.90 bits per heavy atom. The molecule has 0 atom stereocenters. The molecule has 0 heterocycles. The summed E-state index contributed by atoms with van der Waals surface area (Å²) in [6.45, 7) is 0. The number of nitrogens with two attached hydrogens (primary N) is 1. The summed E-state index contributed by atoms with van der Waals surface area (Å²) < 4.78 is 0. The van der Waals surface area contributed by atoms with Gasteiger partial charge in [0.05, 0.1) is 6.42 Å². The van der Waals surface area contributed by atoms with Crippen molar-refractivity contribution in [3.05, 3.63) is 35.3 Å². The predicted molar refractivity (Wildman–Crippen MR) is 38.1 cm³/mol. The van der Waals surface area contributed by atoms with Gasteiger partial charge in [0.15, 0.2) is 0 Å². The molecule has 2 heteroatoms. The normalized spacial score (nSPS) is 13.4. The average Bonchev–Trinajstić information content (AvgIpc) is 1.88. The summed E-state index contributed by atoms with van der Waals surface area (Å²) in [6.07, 6.45) is 5.48. The zero-order chi connectivity index (χ0) is 7.40. The molecule has 2 N–H and O–H groups in total. The van der Waals surface area contributed by atoms with Crippen LogP contribution in [-0.2, 0) is 4.79 Å². The fourth-order valence-corrected chi connectivity index (χ4v) is 0.690. The standard InChI is InChI=1S/C8H7NO/c9-8(10)6-7-4-2-1-3-5-7/h2,4-5H,6H2,(H2,9,10). The van der Waals surface area contributed by atoms with Crippen molar-refractivity contribution in [3.8, 4) is 0 Å². The van der Waals surface area contributed by atoms with Crippen LogP contribution in [0.25, 0.3) is 0 Å². The van der Waals surface area contributed by atoms with Gasteiger partial charge in [0.25, 0.3) is 0 Å². The van der Waals surface area contributed by atoms with E-state index in [1.54, 1.807) is 18.2 Å². The van der Waals surface area contributed by atoms with Crippen LogP contribution in [0.5, 0.6) is 0 Å². The number of rotatable bonds is 2. The van der Waals surface area contributed by atoms with Gasteiger partial charge < -0.3 is 5.73 Å². The Bertz CT molecular complexity index is 274. The number of allylic oxidation sites excluding steroid dienone is 3. The zero-order valence-electron chi connectivity index (χ0n) is 5.42. The van der Waals surface area contributed by atoms with Gasteiger partial charge in [-0.05, 0) is 23.8 Å². The lowest BCUT2D eigenvalue weighted by Crippen LogP contribution is -2.10. The maximum atomic E-state index is 10.4. The second-order valence-electron chi connectivity index (χ2n) is 1.98. The highest BCUT2D eigenvalue weighted by Gasteiger charge is 1.97. The van der Waals surface area contributed by atoms with E-state index in [0.29, 0.717) is 0 Å². The van der Waals surface area contributed by atoms with E-state index in [0.717, 1.165) is 5.57 Å². The first-order valence-corrected chi connectivity index (χ1v) is 2.94. The van der Waals surface area contributed by atoms with E-state index in [4.69, 9.17) is 5.73 Å². The summed E-state index contributed by atoms with van der Waals surface area (Å²) in [6, 6.07) is 0. The fraction of sp³-hybridized carbons (Fsp3) is 0.125. The van der Waals surface area contributed by atoms with E-state index in [9.17, 15) is 4.79 Å². The van der Waals surface area contributed by atoms with Crippen molar-refractivity contribution in [2.75, 3.05) is 0 Å². The van der Waals surface area contributed by atoms with Gasteiger partial charge in [-0.25, -0.2) is 0 Å². The van der Waals surface area contributed by atoms with Crippen molar-refractivity contribution in [1.82, 2.24) is 0 Å². The van der Waals surface area contributed by atoms with Crippen LogP contribution in [-0.4, -0.2) is 5.91 Å². The summed E-state index contributed by atoms with van der Waals surface area (Å²) in [5, 5.41) is 0. The second-order valence-corrected chi connectivity index (χ2v) is 1.98. The number of amides is 1. The molecule has 0 aromatic carbocycles. The summed E-state index contributed by atoms with van der Waals surface area (Å²) in [5.41, 5.74) is 11.3. The second kappa shape index (κ2) is 2.88. The lowest BCUT2D eigenvalue weighted by atomic mass is 10.1. The lowest BCUT2D eigenvalue weighted by molar-refractivity contribution is -0.117. The van der Waals surface area contributed by atoms with E-state index >= 15 is 0 Å². The molecule has 1 aliphatic carbocycles. The summed E-state index contributed by atoms with van der Waals surface area (Å²) in [5.74, 6) is -0.320. The number of hydrogen-bond acceptors (Lipinski definition) is 1. The Labute approximate surface area is 59.0 Å². The van der Waals surface area contributed by atoms with Gasteiger partial charge in [0.1, 0.15) is 0 Å². The highest BCUT2D eigenvalue weighted by molar-refractivity contribution is 5.77. The van der Waals surface area contributed by atoms with Crippen LogP contribution in [0, 0.1) is 0 Å². The van der Waals surface area contributed by atoms with Gasteiger partial charge in [0, 0.05) is 0 Å². The Hall–Kier alpha value is -1.49. The summed E-state index contributed by atoms with van der Waals surface area (Å²) >= 11 is 0. The quantitative estimate of drug-likeness (QED) is 0.553. The molecule has 1 aliphatic rings. The molecule has 0 aliphatic heterocycles. The van der Waals surface area contributed by atoms with Crippen LogP contribution in [0.1, 0.15) is 6.42 Å². The monoisotopic (exact) mass is 133 g/mol. The zero-order valence-corrected chi connectivity index (χ0v) is 5.42. The van der Waals surface area contributed by atoms with Crippen LogP contribution >= 0.6 is 0 Å². The molecule has 0 bridgehead atoms. The van der Waals surface area contributed by atoms with Crippen LogP contribution in [0.15, 0.2) is 35.3 Å². The molecule has 0 fully saturated rings. The van der Waals surface area contributed by atoms with E-state index < -0.39 is 0 Å². The molecule has 50 valence electrons. The van der Waals surface area contributed by atoms with Gasteiger partial charge in [-0.2, -0.15) is 0 Å². The maximum Gasteiger partial charge on any atom is 0.221 e. The molecule has 0 aromatic heterocycles.